The van der Waals surface area contributed by atoms with E-state index in [9.17, 15) is 8.42 Å². The average Bonchev–Trinajstić information content (AvgIpc) is 2.66. The highest BCUT2D eigenvalue weighted by Crippen LogP contribution is 2.07. The largest absolute Gasteiger partial charge is 0.357 e. The van der Waals surface area contributed by atoms with Gasteiger partial charge in [0.05, 0.1) is 12.3 Å². The molecule has 0 saturated carbocycles. The van der Waals surface area contributed by atoms with Crippen LogP contribution >= 0.6 is 24.0 Å². The van der Waals surface area contributed by atoms with Gasteiger partial charge >= 0.3 is 0 Å². The zero-order valence-electron chi connectivity index (χ0n) is 16.3. The topological polar surface area (TPSA) is 82.6 Å². The molecule has 0 aromatic heterocycles. The standard InChI is InChI=1S/C20H28N4O2S.HI/c1-3-21-20(23-16-19-12-8-7-9-17(19)2)22-13-14-27(25,26)24-15-18-10-5-4-6-11-18;/h4-12,24H,3,13-16H2,1-2H3,(H2,21,22,23);1H. The van der Waals surface area contributed by atoms with Gasteiger partial charge in [-0.3, -0.25) is 0 Å². The van der Waals surface area contributed by atoms with Crippen molar-refractivity contribution in [2.24, 2.45) is 4.99 Å². The van der Waals surface area contributed by atoms with Crippen LogP contribution in [0.3, 0.4) is 0 Å². The van der Waals surface area contributed by atoms with Gasteiger partial charge in [0.1, 0.15) is 0 Å². The van der Waals surface area contributed by atoms with E-state index in [0.717, 1.165) is 11.1 Å². The fourth-order valence-corrected chi connectivity index (χ4v) is 3.36. The second-order valence-electron chi connectivity index (χ2n) is 6.17. The summed E-state index contributed by atoms with van der Waals surface area (Å²) in [4.78, 5) is 4.54. The normalized spacial score (nSPS) is 11.6. The first-order chi connectivity index (χ1) is 13.0. The smallest absolute Gasteiger partial charge is 0.213 e. The van der Waals surface area contributed by atoms with Gasteiger partial charge in [0.15, 0.2) is 5.96 Å². The summed E-state index contributed by atoms with van der Waals surface area (Å²) >= 11 is 0. The molecule has 0 saturated heterocycles. The van der Waals surface area contributed by atoms with Crippen LogP contribution in [0.4, 0.5) is 0 Å². The number of benzene rings is 2. The Bertz CT molecular complexity index is 842. The third kappa shape index (κ3) is 9.03. The lowest BCUT2D eigenvalue weighted by Crippen LogP contribution is -2.41. The van der Waals surface area contributed by atoms with E-state index in [1.165, 1.54) is 5.56 Å². The quantitative estimate of drug-likeness (QED) is 0.272. The van der Waals surface area contributed by atoms with E-state index in [-0.39, 0.29) is 36.3 Å². The number of nitrogens with one attached hydrogen (secondary N) is 3. The summed E-state index contributed by atoms with van der Waals surface area (Å²) in [5.41, 5.74) is 3.26. The number of aliphatic imine (C=N–C) groups is 1. The molecule has 28 heavy (non-hydrogen) atoms. The van der Waals surface area contributed by atoms with Crippen LogP contribution in [0.25, 0.3) is 0 Å². The van der Waals surface area contributed by atoms with Crippen LogP contribution in [0.1, 0.15) is 23.6 Å². The van der Waals surface area contributed by atoms with E-state index in [2.05, 4.69) is 33.3 Å². The molecule has 0 heterocycles. The molecule has 2 aromatic carbocycles. The molecule has 3 N–H and O–H groups in total. The highest BCUT2D eigenvalue weighted by Gasteiger charge is 2.10. The van der Waals surface area contributed by atoms with E-state index in [4.69, 9.17) is 0 Å². The van der Waals surface area contributed by atoms with Crippen LogP contribution in [0.2, 0.25) is 0 Å². The lowest BCUT2D eigenvalue weighted by molar-refractivity contribution is 0.580. The van der Waals surface area contributed by atoms with Gasteiger partial charge in [-0.15, -0.1) is 24.0 Å². The van der Waals surface area contributed by atoms with Crippen molar-refractivity contribution >= 4 is 40.0 Å². The summed E-state index contributed by atoms with van der Waals surface area (Å²) in [5, 5.41) is 6.22. The number of aryl methyl sites for hydroxylation is 1. The van der Waals surface area contributed by atoms with Gasteiger partial charge in [-0.2, -0.15) is 0 Å². The molecular formula is C20H29IN4O2S. The van der Waals surface area contributed by atoms with Crippen LogP contribution in [0, 0.1) is 6.92 Å². The van der Waals surface area contributed by atoms with E-state index in [0.29, 0.717) is 25.6 Å². The number of guanidine groups is 1. The molecule has 8 heteroatoms. The average molecular weight is 516 g/mol. The molecule has 154 valence electrons. The maximum atomic E-state index is 12.2. The van der Waals surface area contributed by atoms with Crippen molar-refractivity contribution < 1.29 is 8.42 Å². The first-order valence-corrected chi connectivity index (χ1v) is 10.7. The maximum absolute atomic E-state index is 12.2. The molecule has 0 atom stereocenters. The Balaban J connectivity index is 0.00000392. The Hall–Kier alpha value is -1.65. The molecule has 0 amide bonds. The molecule has 0 aliphatic carbocycles. The molecule has 2 aromatic rings. The molecule has 2 rings (SSSR count). The first-order valence-electron chi connectivity index (χ1n) is 9.08. The highest BCUT2D eigenvalue weighted by molar-refractivity contribution is 14.0. The molecule has 0 aliphatic rings. The fraction of sp³-hybridized carbons (Fsp3) is 0.350. The molecule has 0 fully saturated rings. The van der Waals surface area contributed by atoms with Gasteiger partial charge < -0.3 is 10.6 Å². The Kier molecular flexibility index (Phi) is 11.1. The number of nitrogens with zero attached hydrogens (tertiary/aromatic N) is 1. The molecule has 0 radical (unpaired) electrons. The Morgan fingerprint density at radius 3 is 2.36 bits per heavy atom. The lowest BCUT2D eigenvalue weighted by Gasteiger charge is -2.12. The van der Waals surface area contributed by atoms with Gasteiger partial charge in [-0.1, -0.05) is 54.6 Å². The summed E-state index contributed by atoms with van der Waals surface area (Å²) in [6.45, 7) is 5.85. The molecular weight excluding hydrogens is 487 g/mol. The van der Waals surface area contributed by atoms with Crippen LogP contribution < -0.4 is 15.4 Å². The van der Waals surface area contributed by atoms with E-state index < -0.39 is 10.0 Å². The van der Waals surface area contributed by atoms with Gasteiger partial charge in [0.25, 0.3) is 0 Å². The summed E-state index contributed by atoms with van der Waals surface area (Å²) in [6.07, 6.45) is 0. The summed E-state index contributed by atoms with van der Waals surface area (Å²) in [6, 6.07) is 17.5. The molecule has 0 bridgehead atoms. The minimum Gasteiger partial charge on any atom is -0.357 e. The summed E-state index contributed by atoms with van der Waals surface area (Å²) < 4.78 is 26.9. The summed E-state index contributed by atoms with van der Waals surface area (Å²) in [5.74, 6) is 0.591. The molecule has 0 spiro atoms. The van der Waals surface area contributed by atoms with Gasteiger partial charge in [-0.25, -0.2) is 18.1 Å². The third-order valence-electron chi connectivity index (χ3n) is 4.02. The van der Waals surface area contributed by atoms with Gasteiger partial charge in [0.2, 0.25) is 10.0 Å². The van der Waals surface area contributed by atoms with Crippen LogP contribution in [0.15, 0.2) is 59.6 Å². The van der Waals surface area contributed by atoms with E-state index in [1.54, 1.807) is 0 Å². The second-order valence-corrected chi connectivity index (χ2v) is 8.10. The number of hydrogen-bond donors (Lipinski definition) is 3. The number of rotatable bonds is 9. The number of hydrogen-bond acceptors (Lipinski definition) is 3. The van der Waals surface area contributed by atoms with Crippen molar-refractivity contribution in [2.45, 2.75) is 26.9 Å². The zero-order chi connectivity index (χ0) is 19.5. The molecule has 6 nitrogen and oxygen atoms in total. The van der Waals surface area contributed by atoms with Crippen molar-refractivity contribution in [1.82, 2.24) is 15.4 Å². The SMILES string of the molecule is CCNC(=NCc1ccccc1C)NCCS(=O)(=O)NCc1ccccc1.I. The predicted octanol–water partition coefficient (Wildman–Crippen LogP) is 2.79. The maximum Gasteiger partial charge on any atom is 0.213 e. The van der Waals surface area contributed by atoms with E-state index in [1.807, 2.05) is 55.5 Å². The van der Waals surface area contributed by atoms with Crippen molar-refractivity contribution in [2.75, 3.05) is 18.8 Å². The Labute approximate surface area is 185 Å². The zero-order valence-corrected chi connectivity index (χ0v) is 19.5. The van der Waals surface area contributed by atoms with Crippen LogP contribution in [-0.2, 0) is 23.1 Å². The fourth-order valence-electron chi connectivity index (χ4n) is 2.46. The Morgan fingerprint density at radius 1 is 1.00 bits per heavy atom. The number of halogens is 1. The molecule has 0 unspecified atom stereocenters. The summed E-state index contributed by atoms with van der Waals surface area (Å²) in [7, 11) is -3.36. The van der Waals surface area contributed by atoms with Gasteiger partial charge in [0, 0.05) is 19.6 Å². The van der Waals surface area contributed by atoms with Crippen molar-refractivity contribution in [1.29, 1.82) is 0 Å². The van der Waals surface area contributed by atoms with Crippen molar-refractivity contribution in [3.8, 4) is 0 Å². The minimum absolute atomic E-state index is 0. The predicted molar refractivity (Wildman–Crippen MR) is 126 cm³/mol. The lowest BCUT2D eigenvalue weighted by atomic mass is 10.1. The van der Waals surface area contributed by atoms with E-state index >= 15 is 0 Å². The monoisotopic (exact) mass is 516 g/mol. The third-order valence-corrected chi connectivity index (χ3v) is 5.34. The highest BCUT2D eigenvalue weighted by atomic mass is 127. The van der Waals surface area contributed by atoms with Gasteiger partial charge in [-0.05, 0) is 30.5 Å². The molecule has 0 aliphatic heterocycles. The van der Waals surface area contributed by atoms with Crippen molar-refractivity contribution in [3.63, 3.8) is 0 Å². The van der Waals surface area contributed by atoms with Crippen LogP contribution in [-0.4, -0.2) is 33.2 Å². The Morgan fingerprint density at radius 2 is 1.68 bits per heavy atom. The van der Waals surface area contributed by atoms with Crippen molar-refractivity contribution in [3.05, 3.63) is 71.3 Å². The van der Waals surface area contributed by atoms with Crippen LogP contribution in [0.5, 0.6) is 0 Å². The second kappa shape index (κ2) is 12.7. The number of sulfonamides is 1. The first kappa shape index (κ1) is 24.4. The minimum atomic E-state index is -3.36.